The Kier molecular flexibility index (Phi) is 5.80. The molecule has 2 heteroatoms. The van der Waals surface area contributed by atoms with Crippen molar-refractivity contribution in [1.29, 1.82) is 0 Å². The van der Waals surface area contributed by atoms with Gasteiger partial charge in [0.25, 0.3) is 0 Å². The fourth-order valence-electron chi connectivity index (χ4n) is 8.66. The second-order valence-electron chi connectivity index (χ2n) is 13.1. The molecule has 226 valence electrons. The topological polar surface area (TPSA) is 15.6 Å². The quantitative estimate of drug-likeness (QED) is 0.194. The lowest BCUT2D eigenvalue weighted by atomic mass is 9.71. The fourth-order valence-corrected chi connectivity index (χ4v) is 8.66. The summed E-state index contributed by atoms with van der Waals surface area (Å²) in [5, 5.41) is 2.51. The van der Waals surface area contributed by atoms with Crippen LogP contribution in [0.2, 0.25) is 0 Å². The third-order valence-electron chi connectivity index (χ3n) is 10.7. The highest BCUT2D eigenvalue weighted by Gasteiger charge is 2.56. The van der Waals surface area contributed by atoms with Crippen molar-refractivity contribution in [3.8, 4) is 22.3 Å². The highest BCUT2D eigenvalue weighted by Crippen LogP contribution is 2.64. The van der Waals surface area contributed by atoms with Gasteiger partial charge in [-0.15, -0.1) is 0 Å². The maximum atomic E-state index is 5.64. The molecule has 1 aliphatic heterocycles. The van der Waals surface area contributed by atoms with Gasteiger partial charge in [0, 0.05) is 23.9 Å². The van der Waals surface area contributed by atoms with Crippen molar-refractivity contribution in [3.63, 3.8) is 0 Å². The molecule has 0 aromatic heterocycles. The molecule has 0 N–H and O–H groups in total. The highest BCUT2D eigenvalue weighted by atomic mass is 15.3. The van der Waals surface area contributed by atoms with Gasteiger partial charge in [0.15, 0.2) is 0 Å². The lowest BCUT2D eigenvalue weighted by Crippen LogP contribution is -2.39. The van der Waals surface area contributed by atoms with E-state index in [-0.39, 0.29) is 6.17 Å². The molecule has 0 bridgehead atoms. The zero-order valence-corrected chi connectivity index (χ0v) is 26.6. The van der Waals surface area contributed by atoms with Gasteiger partial charge in [0.1, 0.15) is 6.17 Å². The van der Waals surface area contributed by atoms with Gasteiger partial charge in [0.05, 0.1) is 11.1 Å². The Morgan fingerprint density at radius 1 is 0.479 bits per heavy atom. The summed E-state index contributed by atoms with van der Waals surface area (Å²) in [4.78, 5) is 8.10. The first-order valence-electron chi connectivity index (χ1n) is 16.7. The maximum absolute atomic E-state index is 5.64. The predicted octanol–water partition coefficient (Wildman–Crippen LogP) is 10.7. The third kappa shape index (κ3) is 3.66. The molecule has 1 unspecified atom stereocenters. The molecule has 7 aromatic carbocycles. The number of likely N-dealkylation sites (N-methyl/N-ethyl adjacent to an activating group) is 1. The van der Waals surface area contributed by atoms with Crippen LogP contribution >= 0.6 is 0 Å². The molecule has 2 nitrogen and oxygen atoms in total. The van der Waals surface area contributed by atoms with E-state index in [1.165, 1.54) is 72.1 Å². The minimum absolute atomic E-state index is 0.198. The van der Waals surface area contributed by atoms with Gasteiger partial charge >= 0.3 is 0 Å². The van der Waals surface area contributed by atoms with Crippen LogP contribution in [0, 0.1) is 0 Å². The van der Waals surface area contributed by atoms with E-state index in [4.69, 9.17) is 4.99 Å². The van der Waals surface area contributed by atoms with Crippen molar-refractivity contribution >= 4 is 22.1 Å². The number of fused-ring (bicyclic) bond motifs is 10. The molecule has 10 rings (SSSR count). The molecule has 0 saturated carbocycles. The summed E-state index contributed by atoms with van der Waals surface area (Å²) in [6.07, 6.45) is -0.198. The Morgan fingerprint density at radius 3 is 1.71 bits per heavy atom. The molecule has 48 heavy (non-hydrogen) atoms. The van der Waals surface area contributed by atoms with Crippen molar-refractivity contribution in [3.05, 3.63) is 209 Å². The normalized spacial score (nSPS) is 16.8. The summed E-state index contributed by atoms with van der Waals surface area (Å²) >= 11 is 0. The molecule has 0 radical (unpaired) electrons. The number of nitrogens with zero attached hydrogens (tertiary/aromatic N) is 2. The van der Waals surface area contributed by atoms with Gasteiger partial charge < -0.3 is 4.90 Å². The monoisotopic (exact) mass is 612 g/mol. The van der Waals surface area contributed by atoms with Crippen molar-refractivity contribution < 1.29 is 0 Å². The van der Waals surface area contributed by atoms with Crippen LogP contribution < -0.4 is 0 Å². The average Bonchev–Trinajstić information content (AvgIpc) is 3.63. The second kappa shape index (κ2) is 10.3. The van der Waals surface area contributed by atoms with Crippen LogP contribution in [0.25, 0.3) is 38.6 Å². The fraction of sp³-hybridized carbons (Fsp3) is 0.0652. The first-order chi connectivity index (χ1) is 23.7. The van der Waals surface area contributed by atoms with E-state index in [2.05, 4.69) is 182 Å². The lowest BCUT2D eigenvalue weighted by molar-refractivity contribution is 0.290. The second-order valence-corrected chi connectivity index (χ2v) is 13.1. The number of hydrogen-bond acceptors (Lipinski definition) is 2. The minimum atomic E-state index is -0.451. The van der Waals surface area contributed by atoms with E-state index < -0.39 is 5.41 Å². The van der Waals surface area contributed by atoms with E-state index in [0.717, 1.165) is 11.3 Å². The number of hydrogen-bond donors (Lipinski definition) is 0. The van der Waals surface area contributed by atoms with E-state index in [1.54, 1.807) is 0 Å². The van der Waals surface area contributed by atoms with Gasteiger partial charge in [0.2, 0.25) is 0 Å². The zero-order chi connectivity index (χ0) is 31.8. The van der Waals surface area contributed by atoms with Crippen molar-refractivity contribution in [1.82, 2.24) is 4.90 Å². The Morgan fingerprint density at radius 2 is 1.02 bits per heavy atom. The number of rotatable bonds is 3. The molecule has 3 aliphatic rings. The van der Waals surface area contributed by atoms with Gasteiger partial charge in [-0.3, -0.25) is 4.99 Å². The molecular weight excluding hydrogens is 581 g/mol. The van der Waals surface area contributed by atoms with Crippen LogP contribution in [-0.2, 0) is 5.41 Å². The zero-order valence-electron chi connectivity index (χ0n) is 26.6. The number of benzene rings is 7. The van der Waals surface area contributed by atoms with E-state index in [0.29, 0.717) is 0 Å². The van der Waals surface area contributed by atoms with Crippen LogP contribution in [-0.4, -0.2) is 17.7 Å². The SMILES string of the molecule is CN1C2=C(C(c3ccccc3)=NC1c1ccc(-c3ccc4ccccc4c3)cc1)c1ccccc1C21c2ccccc2-c2ccccc21. The summed E-state index contributed by atoms with van der Waals surface area (Å²) in [5.41, 5.74) is 15.8. The first-order valence-corrected chi connectivity index (χ1v) is 16.7. The van der Waals surface area contributed by atoms with Gasteiger partial charge in [-0.2, -0.15) is 0 Å². The Hall–Kier alpha value is -5.99. The molecule has 0 fully saturated rings. The molecule has 2 aliphatic carbocycles. The van der Waals surface area contributed by atoms with Crippen LogP contribution in [0.15, 0.2) is 181 Å². The highest BCUT2D eigenvalue weighted by molar-refractivity contribution is 6.35. The summed E-state index contributed by atoms with van der Waals surface area (Å²) in [5.74, 6) is 0. The molecule has 1 atom stereocenters. The molecule has 7 aromatic rings. The molecule has 0 amide bonds. The van der Waals surface area contributed by atoms with Crippen molar-refractivity contribution in [2.45, 2.75) is 11.6 Å². The van der Waals surface area contributed by atoms with Crippen LogP contribution in [0.1, 0.15) is 39.5 Å². The van der Waals surface area contributed by atoms with Crippen molar-refractivity contribution in [2.24, 2.45) is 4.99 Å². The molecule has 0 saturated heterocycles. The Labute approximate surface area is 281 Å². The largest absolute Gasteiger partial charge is 0.351 e. The summed E-state index contributed by atoms with van der Waals surface area (Å²) in [7, 11) is 2.25. The van der Waals surface area contributed by atoms with Gasteiger partial charge in [-0.1, -0.05) is 164 Å². The van der Waals surface area contributed by atoms with Crippen LogP contribution in [0.5, 0.6) is 0 Å². The standard InChI is InChI=1S/C46H32N2/c1-48-44-42(38-19-9-12-22-41(38)46(44)39-20-10-7-17-36(39)37-18-8-11-21-40(37)46)43(32-14-3-2-4-15-32)47-45(48)33-26-23-31(24-27-33)35-28-25-30-13-5-6-16-34(30)29-35/h2-29,45H,1H3. The van der Waals surface area contributed by atoms with Gasteiger partial charge in [-0.05, 0) is 66.9 Å². The van der Waals surface area contributed by atoms with E-state index in [9.17, 15) is 0 Å². The lowest BCUT2D eigenvalue weighted by Gasteiger charge is -2.42. The minimum Gasteiger partial charge on any atom is -0.351 e. The van der Waals surface area contributed by atoms with E-state index in [1.807, 2.05) is 0 Å². The predicted molar refractivity (Wildman–Crippen MR) is 198 cm³/mol. The van der Waals surface area contributed by atoms with Crippen LogP contribution in [0.4, 0.5) is 0 Å². The smallest absolute Gasteiger partial charge is 0.147 e. The average molecular weight is 613 g/mol. The Balaban J connectivity index is 1.19. The van der Waals surface area contributed by atoms with Crippen LogP contribution in [0.3, 0.4) is 0 Å². The first kappa shape index (κ1) is 27.2. The van der Waals surface area contributed by atoms with Crippen molar-refractivity contribution in [2.75, 3.05) is 7.05 Å². The number of allylic oxidation sites excluding steroid dienone is 2. The summed E-state index contributed by atoms with van der Waals surface area (Å²) < 4.78 is 0. The molecule has 1 heterocycles. The summed E-state index contributed by atoms with van der Waals surface area (Å²) in [6, 6.07) is 62.1. The maximum Gasteiger partial charge on any atom is 0.147 e. The third-order valence-corrected chi connectivity index (χ3v) is 10.7. The summed E-state index contributed by atoms with van der Waals surface area (Å²) in [6.45, 7) is 0. The number of aliphatic imine (C=N–C) groups is 1. The Bertz CT molecular complexity index is 2420. The molecule has 1 spiro atoms. The van der Waals surface area contributed by atoms with E-state index >= 15 is 0 Å². The van der Waals surface area contributed by atoms with Gasteiger partial charge in [-0.25, -0.2) is 0 Å². The molecular formula is C46H32N2.